The van der Waals surface area contributed by atoms with Crippen molar-refractivity contribution in [3.05, 3.63) is 11.0 Å². The maximum atomic E-state index is 8.97. The highest BCUT2D eigenvalue weighted by Crippen LogP contribution is 2.36. The molecule has 1 unspecified atom stereocenters. The molecule has 1 aliphatic rings. The molecule has 2 N–H and O–H groups in total. The van der Waals surface area contributed by atoms with Crippen LogP contribution in [0.15, 0.2) is 4.90 Å². The Morgan fingerprint density at radius 2 is 2.40 bits per heavy atom. The Hall–Kier alpha value is -0.520. The molecule has 1 aliphatic heterocycles. The highest BCUT2D eigenvalue weighted by atomic mass is 35.5. The lowest BCUT2D eigenvalue weighted by molar-refractivity contribution is 0.281. The molecule has 0 aliphatic carbocycles. The van der Waals surface area contributed by atoms with Crippen molar-refractivity contribution in [1.82, 2.24) is 9.97 Å². The number of nitrogens with zero attached hydrogens (tertiary/aromatic N) is 2. The van der Waals surface area contributed by atoms with Crippen molar-refractivity contribution in [2.24, 2.45) is 0 Å². The number of hydrogen-bond acceptors (Lipinski definition) is 5. The summed E-state index contributed by atoms with van der Waals surface area (Å²) in [5, 5.41) is 12.4. The molecule has 1 atom stereocenters. The first-order chi connectivity index (χ1) is 7.20. The van der Waals surface area contributed by atoms with Gasteiger partial charge in [0.15, 0.2) is 0 Å². The molecule has 15 heavy (non-hydrogen) atoms. The summed E-state index contributed by atoms with van der Waals surface area (Å²) in [7, 11) is 0. The van der Waals surface area contributed by atoms with Crippen LogP contribution in [-0.2, 0) is 6.42 Å². The fraction of sp³-hybridized carbons (Fsp3) is 0.556. The minimum absolute atomic E-state index is 0.0266. The Balaban J connectivity index is 2.30. The summed E-state index contributed by atoms with van der Waals surface area (Å²) >= 11 is 7.55. The molecule has 0 spiro atoms. The van der Waals surface area contributed by atoms with E-state index in [9.17, 15) is 0 Å². The van der Waals surface area contributed by atoms with Crippen LogP contribution in [0, 0.1) is 0 Å². The average molecular weight is 246 g/mol. The van der Waals surface area contributed by atoms with E-state index in [1.165, 1.54) is 0 Å². The summed E-state index contributed by atoms with van der Waals surface area (Å²) in [5.41, 5.74) is 1.01. The number of aromatic nitrogens is 2. The molecule has 0 saturated heterocycles. The van der Waals surface area contributed by atoms with Crippen LogP contribution in [-0.4, -0.2) is 33.5 Å². The first-order valence-corrected chi connectivity index (χ1v) is 6.13. The number of nitrogens with one attached hydrogen (secondary N) is 1. The lowest BCUT2D eigenvalue weighted by Crippen LogP contribution is -2.20. The van der Waals surface area contributed by atoms with E-state index in [0.717, 1.165) is 28.6 Å². The van der Waals surface area contributed by atoms with Crippen LogP contribution in [0.3, 0.4) is 0 Å². The van der Waals surface area contributed by atoms with Crippen molar-refractivity contribution in [2.75, 3.05) is 17.7 Å². The summed E-state index contributed by atoms with van der Waals surface area (Å²) in [4.78, 5) is 9.39. The fourth-order valence-corrected chi connectivity index (χ4v) is 2.66. The monoisotopic (exact) mass is 245 g/mol. The minimum atomic E-state index is -0.0266. The van der Waals surface area contributed by atoms with Crippen molar-refractivity contribution in [3.63, 3.8) is 0 Å². The van der Waals surface area contributed by atoms with Gasteiger partial charge in [-0.1, -0.05) is 0 Å². The Morgan fingerprint density at radius 3 is 3.13 bits per heavy atom. The molecule has 0 amide bonds. The van der Waals surface area contributed by atoms with Crippen molar-refractivity contribution < 1.29 is 5.11 Å². The molecule has 0 aromatic carbocycles. The van der Waals surface area contributed by atoms with Crippen molar-refractivity contribution in [3.8, 4) is 0 Å². The van der Waals surface area contributed by atoms with E-state index in [4.69, 9.17) is 16.7 Å². The normalized spacial score (nSPS) is 16.2. The quantitative estimate of drug-likeness (QED) is 0.792. The molecule has 2 heterocycles. The van der Waals surface area contributed by atoms with Gasteiger partial charge in [-0.3, -0.25) is 0 Å². The van der Waals surface area contributed by atoms with Gasteiger partial charge in [0.05, 0.1) is 17.2 Å². The van der Waals surface area contributed by atoms with Gasteiger partial charge in [-0.05, 0) is 18.5 Å². The maximum absolute atomic E-state index is 8.97. The smallest absolute Gasteiger partial charge is 0.224 e. The van der Waals surface area contributed by atoms with Crippen LogP contribution in [0.1, 0.15) is 12.6 Å². The number of halogens is 1. The zero-order chi connectivity index (χ0) is 10.8. The molecule has 0 bridgehead atoms. The molecule has 0 saturated carbocycles. The first kappa shape index (κ1) is 11.0. The van der Waals surface area contributed by atoms with E-state index >= 15 is 0 Å². The Bertz CT molecular complexity index is 375. The average Bonchev–Trinajstić information content (AvgIpc) is 2.65. The Morgan fingerprint density at radius 1 is 1.60 bits per heavy atom. The molecule has 82 valence electrons. The predicted octanol–water partition coefficient (Wildman–Crippen LogP) is 1.57. The number of aliphatic hydroxyl groups is 1. The molecule has 1 aromatic heterocycles. The van der Waals surface area contributed by atoms with Crippen molar-refractivity contribution in [1.29, 1.82) is 0 Å². The van der Waals surface area contributed by atoms with Gasteiger partial charge in [-0.15, -0.1) is 11.8 Å². The van der Waals surface area contributed by atoms with Gasteiger partial charge in [-0.25, -0.2) is 4.98 Å². The number of rotatable bonds is 3. The Labute approximate surface area is 97.5 Å². The van der Waals surface area contributed by atoms with Gasteiger partial charge in [0.1, 0.15) is 5.82 Å². The van der Waals surface area contributed by atoms with Crippen LogP contribution in [0.2, 0.25) is 5.28 Å². The van der Waals surface area contributed by atoms with Gasteiger partial charge >= 0.3 is 0 Å². The number of hydrogen-bond donors (Lipinski definition) is 2. The fourth-order valence-electron chi connectivity index (χ4n) is 1.41. The number of aryl methyl sites for hydroxylation is 1. The number of fused-ring (bicyclic) bond motifs is 1. The third kappa shape index (κ3) is 2.35. The van der Waals surface area contributed by atoms with E-state index in [2.05, 4.69) is 15.3 Å². The highest BCUT2D eigenvalue weighted by Gasteiger charge is 2.20. The zero-order valence-corrected chi connectivity index (χ0v) is 9.90. The summed E-state index contributed by atoms with van der Waals surface area (Å²) < 4.78 is 0. The largest absolute Gasteiger partial charge is 0.394 e. The Kier molecular flexibility index (Phi) is 3.33. The zero-order valence-electron chi connectivity index (χ0n) is 8.33. The van der Waals surface area contributed by atoms with E-state index < -0.39 is 0 Å². The molecule has 4 nitrogen and oxygen atoms in total. The molecule has 0 fully saturated rings. The van der Waals surface area contributed by atoms with E-state index in [0.29, 0.717) is 0 Å². The van der Waals surface area contributed by atoms with Crippen LogP contribution >= 0.6 is 23.4 Å². The second kappa shape index (κ2) is 4.55. The van der Waals surface area contributed by atoms with E-state index in [-0.39, 0.29) is 17.9 Å². The SMILES string of the molecule is CC(CO)Nc1nc(Cl)nc2c1SCC2. The molecule has 1 aromatic rings. The van der Waals surface area contributed by atoms with Gasteiger partial charge in [0.2, 0.25) is 5.28 Å². The van der Waals surface area contributed by atoms with Gasteiger partial charge in [-0.2, -0.15) is 4.98 Å². The summed E-state index contributed by atoms with van der Waals surface area (Å²) in [6, 6.07) is -0.0266. The third-order valence-corrected chi connectivity index (χ3v) is 3.45. The third-order valence-electron chi connectivity index (χ3n) is 2.15. The van der Waals surface area contributed by atoms with Gasteiger partial charge < -0.3 is 10.4 Å². The topological polar surface area (TPSA) is 58.0 Å². The van der Waals surface area contributed by atoms with Gasteiger partial charge in [0.25, 0.3) is 0 Å². The molecule has 6 heteroatoms. The highest BCUT2D eigenvalue weighted by molar-refractivity contribution is 7.99. The van der Waals surface area contributed by atoms with Gasteiger partial charge in [0, 0.05) is 18.2 Å². The standard InChI is InChI=1S/C9H12ClN3OS/c1-5(4-14)11-8-7-6(2-3-15-7)12-9(10)13-8/h5,14H,2-4H2,1H3,(H,11,12,13). The lowest BCUT2D eigenvalue weighted by Gasteiger charge is -2.14. The van der Waals surface area contributed by atoms with E-state index in [1.807, 2.05) is 6.92 Å². The number of anilines is 1. The first-order valence-electron chi connectivity index (χ1n) is 4.77. The minimum Gasteiger partial charge on any atom is -0.394 e. The van der Waals surface area contributed by atoms with Crippen LogP contribution in [0.4, 0.5) is 5.82 Å². The second-order valence-corrected chi connectivity index (χ2v) is 4.89. The maximum Gasteiger partial charge on any atom is 0.224 e. The summed E-state index contributed by atoms with van der Waals surface area (Å²) in [6.45, 7) is 1.96. The molecule has 2 rings (SSSR count). The lowest BCUT2D eigenvalue weighted by atomic mass is 10.3. The van der Waals surface area contributed by atoms with Crippen LogP contribution in [0.5, 0.6) is 0 Å². The number of thioether (sulfide) groups is 1. The van der Waals surface area contributed by atoms with E-state index in [1.54, 1.807) is 11.8 Å². The molecular formula is C9H12ClN3OS. The number of aliphatic hydroxyl groups excluding tert-OH is 1. The van der Waals surface area contributed by atoms with Crippen molar-refractivity contribution in [2.45, 2.75) is 24.3 Å². The summed E-state index contributed by atoms with van der Waals surface area (Å²) in [6.07, 6.45) is 0.935. The molecule has 0 radical (unpaired) electrons. The van der Waals surface area contributed by atoms with Crippen LogP contribution in [0.25, 0.3) is 0 Å². The predicted molar refractivity (Wildman–Crippen MR) is 61.6 cm³/mol. The van der Waals surface area contributed by atoms with Crippen LogP contribution < -0.4 is 5.32 Å². The van der Waals surface area contributed by atoms with Crippen molar-refractivity contribution >= 4 is 29.2 Å². The second-order valence-electron chi connectivity index (χ2n) is 3.44. The molecular weight excluding hydrogens is 234 g/mol. The summed E-state index contributed by atoms with van der Waals surface area (Å²) in [5.74, 6) is 1.76.